The molecule has 110 valence electrons. The lowest BCUT2D eigenvalue weighted by Gasteiger charge is -2.13. The van der Waals surface area contributed by atoms with E-state index < -0.39 is 0 Å². The van der Waals surface area contributed by atoms with Crippen LogP contribution in [0.1, 0.15) is 12.5 Å². The van der Waals surface area contributed by atoms with Gasteiger partial charge >= 0.3 is 6.09 Å². The first-order valence-corrected chi connectivity index (χ1v) is 6.81. The van der Waals surface area contributed by atoms with Crippen LogP contribution in [-0.2, 0) is 16.1 Å². The third-order valence-electron chi connectivity index (χ3n) is 3.00. The Balaban J connectivity index is 1.95. The summed E-state index contributed by atoms with van der Waals surface area (Å²) in [6.45, 7) is 3.27. The summed E-state index contributed by atoms with van der Waals surface area (Å²) >= 11 is 0. The monoisotopic (exact) mass is 286 g/mol. The van der Waals surface area contributed by atoms with Crippen LogP contribution >= 0.6 is 0 Å². The van der Waals surface area contributed by atoms with Gasteiger partial charge in [-0.2, -0.15) is 0 Å². The van der Waals surface area contributed by atoms with Gasteiger partial charge in [0.1, 0.15) is 6.61 Å². The van der Waals surface area contributed by atoms with Crippen molar-refractivity contribution in [3.8, 4) is 0 Å². The second kappa shape index (κ2) is 7.28. The third kappa shape index (κ3) is 4.21. The van der Waals surface area contributed by atoms with Crippen molar-refractivity contribution in [1.29, 1.82) is 0 Å². The Morgan fingerprint density at radius 3 is 3.00 bits per heavy atom. The summed E-state index contributed by atoms with van der Waals surface area (Å²) in [4.78, 5) is 24.7. The van der Waals surface area contributed by atoms with E-state index in [9.17, 15) is 9.59 Å². The van der Waals surface area contributed by atoms with E-state index in [1.54, 1.807) is 17.1 Å². The fourth-order valence-corrected chi connectivity index (χ4v) is 1.96. The Bertz CT molecular complexity index is 579. The van der Waals surface area contributed by atoms with Crippen LogP contribution in [0.15, 0.2) is 48.6 Å². The van der Waals surface area contributed by atoms with E-state index in [1.165, 1.54) is 6.08 Å². The first-order valence-electron chi connectivity index (χ1n) is 6.81. The summed E-state index contributed by atoms with van der Waals surface area (Å²) in [5.74, 6) is -0.154. The van der Waals surface area contributed by atoms with Crippen molar-refractivity contribution in [2.24, 2.45) is 0 Å². The van der Waals surface area contributed by atoms with Crippen molar-refractivity contribution < 1.29 is 14.3 Å². The zero-order valence-electron chi connectivity index (χ0n) is 11.9. The zero-order chi connectivity index (χ0) is 15.1. The molecule has 1 aromatic carbocycles. The fraction of sp³-hybridized carbons (Fsp3) is 0.250. The van der Waals surface area contributed by atoms with Gasteiger partial charge in [-0.05, 0) is 24.6 Å². The first kappa shape index (κ1) is 14.8. The van der Waals surface area contributed by atoms with Gasteiger partial charge in [-0.3, -0.25) is 9.69 Å². The fourth-order valence-electron chi connectivity index (χ4n) is 1.96. The van der Waals surface area contributed by atoms with Crippen LogP contribution in [0.25, 0.3) is 0 Å². The molecule has 5 heteroatoms. The molecule has 0 atom stereocenters. The molecule has 1 aliphatic rings. The number of nitrogens with one attached hydrogen (secondary N) is 1. The molecule has 1 saturated heterocycles. The predicted molar refractivity (Wildman–Crippen MR) is 80.9 cm³/mol. The maximum atomic E-state index is 11.6. The maximum absolute atomic E-state index is 11.6. The third-order valence-corrected chi connectivity index (χ3v) is 3.00. The molecule has 0 radical (unpaired) electrons. The first-order chi connectivity index (χ1) is 10.2. The molecule has 5 nitrogen and oxygen atoms in total. The van der Waals surface area contributed by atoms with E-state index in [-0.39, 0.29) is 12.0 Å². The van der Waals surface area contributed by atoms with Crippen LogP contribution in [0.3, 0.4) is 0 Å². The van der Waals surface area contributed by atoms with Gasteiger partial charge in [-0.1, -0.05) is 30.4 Å². The van der Waals surface area contributed by atoms with Gasteiger partial charge in [-0.25, -0.2) is 4.79 Å². The minimum Gasteiger partial charge on any atom is -0.447 e. The lowest BCUT2D eigenvalue weighted by Crippen LogP contribution is -2.24. The standard InChI is InChI=1S/C16H18N2O3/c1-2-3-4-8-15(19)17-12-13-6-5-7-14(11-13)18-9-10-21-16(18)20/h2-8,11H,9-10,12H2,1H3,(H,17,19)/b3-2+,8-4-. The van der Waals surface area contributed by atoms with Gasteiger partial charge < -0.3 is 10.1 Å². The van der Waals surface area contributed by atoms with Crippen LogP contribution in [-0.4, -0.2) is 25.2 Å². The molecule has 2 amide bonds. The van der Waals surface area contributed by atoms with E-state index in [0.717, 1.165) is 11.3 Å². The highest BCUT2D eigenvalue weighted by molar-refractivity contribution is 5.89. The minimum absolute atomic E-state index is 0.154. The van der Waals surface area contributed by atoms with E-state index in [0.29, 0.717) is 19.7 Å². The molecular formula is C16H18N2O3. The van der Waals surface area contributed by atoms with Crippen molar-refractivity contribution in [3.05, 3.63) is 54.1 Å². The summed E-state index contributed by atoms with van der Waals surface area (Å²) in [6.07, 6.45) is 6.47. The molecule has 2 rings (SSSR count). The molecule has 1 fully saturated rings. The Labute approximate surface area is 123 Å². The average Bonchev–Trinajstić information content (AvgIpc) is 2.92. The molecule has 0 aromatic heterocycles. The van der Waals surface area contributed by atoms with Gasteiger partial charge in [0.15, 0.2) is 0 Å². The second-order valence-corrected chi connectivity index (χ2v) is 4.54. The number of hydrogen-bond donors (Lipinski definition) is 1. The summed E-state index contributed by atoms with van der Waals surface area (Å²) in [7, 11) is 0. The highest BCUT2D eigenvalue weighted by Gasteiger charge is 2.23. The molecule has 1 N–H and O–H groups in total. The lowest BCUT2D eigenvalue weighted by atomic mass is 10.2. The van der Waals surface area contributed by atoms with Crippen molar-refractivity contribution in [3.63, 3.8) is 0 Å². The Hall–Kier alpha value is -2.56. The molecule has 1 heterocycles. The average molecular weight is 286 g/mol. The molecule has 0 spiro atoms. The minimum atomic E-state index is -0.328. The normalized spacial score (nSPS) is 14.9. The number of hydrogen-bond acceptors (Lipinski definition) is 3. The quantitative estimate of drug-likeness (QED) is 0.668. The number of nitrogens with zero attached hydrogens (tertiary/aromatic N) is 1. The summed E-state index contributed by atoms with van der Waals surface area (Å²) in [5.41, 5.74) is 1.72. The smallest absolute Gasteiger partial charge is 0.414 e. The van der Waals surface area contributed by atoms with E-state index in [2.05, 4.69) is 5.32 Å². The highest BCUT2D eigenvalue weighted by Crippen LogP contribution is 2.19. The number of anilines is 1. The highest BCUT2D eigenvalue weighted by atomic mass is 16.6. The zero-order valence-corrected chi connectivity index (χ0v) is 11.9. The number of benzene rings is 1. The van der Waals surface area contributed by atoms with Gasteiger partial charge in [0, 0.05) is 18.3 Å². The van der Waals surface area contributed by atoms with E-state index in [1.807, 2.05) is 37.3 Å². The molecule has 1 aromatic rings. The van der Waals surface area contributed by atoms with Crippen LogP contribution in [0.5, 0.6) is 0 Å². The number of carbonyl (C=O) groups is 2. The number of allylic oxidation sites excluding steroid dienone is 3. The topological polar surface area (TPSA) is 58.6 Å². The van der Waals surface area contributed by atoms with Gasteiger partial charge in [0.25, 0.3) is 0 Å². The number of amides is 2. The van der Waals surface area contributed by atoms with Crippen molar-refractivity contribution in [1.82, 2.24) is 5.32 Å². The maximum Gasteiger partial charge on any atom is 0.414 e. The van der Waals surface area contributed by atoms with E-state index in [4.69, 9.17) is 4.74 Å². The molecule has 0 saturated carbocycles. The number of carbonyl (C=O) groups excluding carboxylic acids is 2. The van der Waals surface area contributed by atoms with Crippen LogP contribution in [0, 0.1) is 0 Å². The Morgan fingerprint density at radius 2 is 2.29 bits per heavy atom. The Kier molecular flexibility index (Phi) is 5.15. The molecular weight excluding hydrogens is 268 g/mol. The van der Waals surface area contributed by atoms with Gasteiger partial charge in [0.05, 0.1) is 6.54 Å². The number of cyclic esters (lactones) is 1. The van der Waals surface area contributed by atoms with Crippen molar-refractivity contribution >= 4 is 17.7 Å². The van der Waals surface area contributed by atoms with Crippen molar-refractivity contribution in [2.75, 3.05) is 18.1 Å². The second-order valence-electron chi connectivity index (χ2n) is 4.54. The lowest BCUT2D eigenvalue weighted by molar-refractivity contribution is -0.116. The molecule has 1 aliphatic heterocycles. The summed E-state index contributed by atoms with van der Waals surface area (Å²) < 4.78 is 4.91. The molecule has 21 heavy (non-hydrogen) atoms. The molecule has 0 bridgehead atoms. The summed E-state index contributed by atoms with van der Waals surface area (Å²) in [6, 6.07) is 7.49. The molecule has 0 unspecified atom stereocenters. The van der Waals surface area contributed by atoms with Crippen LogP contribution in [0.4, 0.5) is 10.5 Å². The van der Waals surface area contributed by atoms with Gasteiger partial charge in [-0.15, -0.1) is 0 Å². The van der Waals surface area contributed by atoms with Crippen LogP contribution < -0.4 is 10.2 Å². The predicted octanol–water partition coefficient (Wildman–Crippen LogP) is 2.39. The number of rotatable bonds is 5. The largest absolute Gasteiger partial charge is 0.447 e. The molecule has 0 aliphatic carbocycles. The Morgan fingerprint density at radius 1 is 1.43 bits per heavy atom. The van der Waals surface area contributed by atoms with Gasteiger partial charge in [0.2, 0.25) is 5.91 Å². The van der Waals surface area contributed by atoms with E-state index >= 15 is 0 Å². The van der Waals surface area contributed by atoms with Crippen LogP contribution in [0.2, 0.25) is 0 Å². The van der Waals surface area contributed by atoms with Crippen molar-refractivity contribution in [2.45, 2.75) is 13.5 Å². The SMILES string of the molecule is C/C=C/C=C\C(=O)NCc1cccc(N2CCOC2=O)c1. The summed E-state index contributed by atoms with van der Waals surface area (Å²) in [5, 5.41) is 2.79. The number of ether oxygens (including phenoxy) is 1.